The number of amides is 4. The number of primary amides is 1. The van der Waals surface area contributed by atoms with Crippen molar-refractivity contribution >= 4 is 23.7 Å². The largest absolute Gasteiger partial charge is 0.444 e. The van der Waals surface area contributed by atoms with Crippen molar-refractivity contribution < 1.29 is 24.0 Å². The molecule has 1 unspecified atom stereocenters. The number of fused-ring (bicyclic) bond motifs is 2. The van der Waals surface area contributed by atoms with Gasteiger partial charge in [-0.1, -0.05) is 11.3 Å². The predicted octanol–water partition coefficient (Wildman–Crippen LogP) is 0.579. The van der Waals surface area contributed by atoms with E-state index in [4.69, 9.17) is 15.3 Å². The fraction of sp³-hybridized carbons (Fsp3) is 0.526. The van der Waals surface area contributed by atoms with Gasteiger partial charge in [0.25, 0.3) is 0 Å². The Kier molecular flexibility index (Phi) is 6.29. The summed E-state index contributed by atoms with van der Waals surface area (Å²) < 4.78 is 6.87. The third kappa shape index (κ3) is 5.40. The molecule has 2 aliphatic heterocycles. The van der Waals surface area contributed by atoms with Gasteiger partial charge >= 0.3 is 12.1 Å². The SMILES string of the molecule is C=CCON1C(=O)N2CC(n3cc(CN(CC(N)=O)C(=O)OC(C)(C)C)nn3)=CC1C2. The number of nitrogens with zero attached hydrogens (tertiary/aromatic N) is 6. The Balaban J connectivity index is 1.73. The molecule has 1 atom stereocenters. The number of hydroxylamine groups is 2. The number of rotatable bonds is 8. The summed E-state index contributed by atoms with van der Waals surface area (Å²) in [6.45, 7) is 9.54. The molecule has 31 heavy (non-hydrogen) atoms. The zero-order valence-corrected chi connectivity index (χ0v) is 17.9. The molecule has 1 aromatic heterocycles. The van der Waals surface area contributed by atoms with Crippen molar-refractivity contribution in [1.82, 2.24) is 29.9 Å². The van der Waals surface area contributed by atoms with Crippen molar-refractivity contribution in [2.75, 3.05) is 26.2 Å². The van der Waals surface area contributed by atoms with Crippen LogP contribution >= 0.6 is 0 Å². The molecule has 12 heteroatoms. The molecule has 2 N–H and O–H groups in total. The van der Waals surface area contributed by atoms with E-state index in [0.29, 0.717) is 18.8 Å². The van der Waals surface area contributed by atoms with E-state index in [1.54, 1.807) is 37.9 Å². The van der Waals surface area contributed by atoms with Crippen LogP contribution in [0.4, 0.5) is 9.59 Å². The van der Waals surface area contributed by atoms with Crippen LogP contribution in [0.25, 0.3) is 5.70 Å². The topological polar surface area (TPSA) is 136 Å². The Hall–Kier alpha value is -3.41. The van der Waals surface area contributed by atoms with Crippen molar-refractivity contribution in [1.29, 1.82) is 0 Å². The van der Waals surface area contributed by atoms with Crippen LogP contribution in [0.3, 0.4) is 0 Å². The van der Waals surface area contributed by atoms with Gasteiger partial charge in [0.2, 0.25) is 5.91 Å². The van der Waals surface area contributed by atoms with Gasteiger partial charge in [-0.3, -0.25) is 14.5 Å². The normalized spacial score (nSPS) is 18.1. The second-order valence-electron chi connectivity index (χ2n) is 8.26. The summed E-state index contributed by atoms with van der Waals surface area (Å²) in [5, 5.41) is 9.51. The molecule has 2 aliphatic rings. The average molecular weight is 433 g/mol. The van der Waals surface area contributed by atoms with Crippen molar-refractivity contribution in [3.63, 3.8) is 0 Å². The van der Waals surface area contributed by atoms with E-state index in [9.17, 15) is 14.4 Å². The standard InChI is InChI=1S/C19H27N7O5/c1-5-6-30-26-15-7-14(10-23(11-15)17(26)28)25-9-13(21-22-25)8-24(12-16(20)27)18(29)31-19(2,3)4/h5,7,9,15H,1,6,8,10-12H2,2-4H3,(H2,20,27). The lowest BCUT2D eigenvalue weighted by molar-refractivity contribution is -0.119. The summed E-state index contributed by atoms with van der Waals surface area (Å²) in [5.74, 6) is -0.671. The van der Waals surface area contributed by atoms with Crippen LogP contribution in [0, 0.1) is 0 Å². The minimum absolute atomic E-state index is 0.00816. The molecule has 12 nitrogen and oxygen atoms in total. The molecule has 1 aromatic rings. The lowest BCUT2D eigenvalue weighted by atomic mass is 10.2. The summed E-state index contributed by atoms with van der Waals surface area (Å²) in [6.07, 6.45) is 4.41. The van der Waals surface area contributed by atoms with Gasteiger partial charge in [-0.05, 0) is 26.8 Å². The smallest absolute Gasteiger partial charge is 0.411 e. The summed E-state index contributed by atoms with van der Waals surface area (Å²) >= 11 is 0. The minimum atomic E-state index is -0.725. The Morgan fingerprint density at radius 1 is 1.42 bits per heavy atom. The number of aromatic nitrogens is 3. The van der Waals surface area contributed by atoms with Crippen LogP contribution in [0.2, 0.25) is 0 Å². The highest BCUT2D eigenvalue weighted by Gasteiger charge is 2.41. The second kappa shape index (κ2) is 8.76. The van der Waals surface area contributed by atoms with E-state index in [-0.39, 0.29) is 31.8 Å². The van der Waals surface area contributed by atoms with Gasteiger partial charge in [-0.25, -0.2) is 14.3 Å². The minimum Gasteiger partial charge on any atom is -0.444 e. The zero-order chi connectivity index (χ0) is 22.8. The van der Waals surface area contributed by atoms with Crippen molar-refractivity contribution in [3.05, 3.63) is 30.6 Å². The first kappa shape index (κ1) is 22.3. The number of hydrogen-bond acceptors (Lipinski definition) is 7. The van der Waals surface area contributed by atoms with Gasteiger partial charge < -0.3 is 15.4 Å². The molecule has 0 aromatic carbocycles. The van der Waals surface area contributed by atoms with E-state index in [0.717, 1.165) is 5.70 Å². The Morgan fingerprint density at radius 2 is 2.16 bits per heavy atom. The Morgan fingerprint density at radius 3 is 2.81 bits per heavy atom. The maximum atomic E-state index is 12.4. The van der Waals surface area contributed by atoms with Gasteiger partial charge in [0, 0.05) is 6.54 Å². The van der Waals surface area contributed by atoms with Crippen LogP contribution in [0.15, 0.2) is 24.9 Å². The molecular weight excluding hydrogens is 406 g/mol. The van der Waals surface area contributed by atoms with Gasteiger partial charge in [-0.15, -0.1) is 11.7 Å². The molecule has 0 saturated carbocycles. The van der Waals surface area contributed by atoms with E-state index < -0.39 is 17.6 Å². The van der Waals surface area contributed by atoms with Crippen LogP contribution in [0.1, 0.15) is 26.5 Å². The van der Waals surface area contributed by atoms with Crippen molar-refractivity contribution in [2.24, 2.45) is 5.73 Å². The third-order valence-corrected chi connectivity index (χ3v) is 4.42. The number of carbonyl (C=O) groups excluding carboxylic acids is 3. The fourth-order valence-electron chi connectivity index (χ4n) is 3.22. The van der Waals surface area contributed by atoms with E-state index >= 15 is 0 Å². The van der Waals surface area contributed by atoms with Crippen molar-refractivity contribution in [3.8, 4) is 0 Å². The number of carbonyl (C=O) groups is 3. The molecule has 1 fully saturated rings. The highest BCUT2D eigenvalue weighted by atomic mass is 16.7. The monoisotopic (exact) mass is 433 g/mol. The summed E-state index contributed by atoms with van der Waals surface area (Å²) in [6, 6.07) is -0.479. The molecule has 1 saturated heterocycles. The van der Waals surface area contributed by atoms with Crippen LogP contribution in [-0.2, 0) is 20.9 Å². The van der Waals surface area contributed by atoms with Crippen molar-refractivity contribution in [2.45, 2.75) is 39.0 Å². The van der Waals surface area contributed by atoms with Crippen LogP contribution in [0.5, 0.6) is 0 Å². The summed E-state index contributed by atoms with van der Waals surface area (Å²) in [4.78, 5) is 44.5. The quantitative estimate of drug-likeness (QED) is 0.592. The van der Waals surface area contributed by atoms with Crippen LogP contribution < -0.4 is 5.73 Å². The molecule has 0 radical (unpaired) electrons. The van der Waals surface area contributed by atoms with Gasteiger partial charge in [0.1, 0.15) is 17.8 Å². The van der Waals surface area contributed by atoms with Gasteiger partial charge in [0.05, 0.1) is 37.6 Å². The van der Waals surface area contributed by atoms with E-state index in [1.807, 2.05) is 6.08 Å². The first-order valence-corrected chi connectivity index (χ1v) is 9.78. The Bertz CT molecular complexity index is 904. The highest BCUT2D eigenvalue weighted by molar-refractivity contribution is 5.81. The molecular formula is C19H27N7O5. The zero-order valence-electron chi connectivity index (χ0n) is 17.9. The predicted molar refractivity (Wildman–Crippen MR) is 109 cm³/mol. The molecule has 4 amide bonds. The maximum absolute atomic E-state index is 12.4. The number of urea groups is 1. The Labute approximate surface area is 179 Å². The van der Waals surface area contributed by atoms with Crippen LogP contribution in [-0.4, -0.2) is 85.8 Å². The summed E-state index contributed by atoms with van der Waals surface area (Å²) in [7, 11) is 0. The fourth-order valence-corrected chi connectivity index (χ4v) is 3.22. The molecule has 168 valence electrons. The maximum Gasteiger partial charge on any atom is 0.411 e. The first-order valence-electron chi connectivity index (χ1n) is 9.78. The average Bonchev–Trinajstić information content (AvgIpc) is 3.21. The summed E-state index contributed by atoms with van der Waals surface area (Å²) in [5.41, 5.74) is 5.72. The molecule has 0 spiro atoms. The lowest BCUT2D eigenvalue weighted by Crippen LogP contribution is -2.41. The second-order valence-corrected chi connectivity index (χ2v) is 8.26. The molecule has 2 bridgehead atoms. The molecule has 3 rings (SSSR count). The number of nitrogens with two attached hydrogens (primary N) is 1. The molecule has 3 heterocycles. The lowest BCUT2D eigenvalue weighted by Gasteiger charge is -2.26. The highest BCUT2D eigenvalue weighted by Crippen LogP contribution is 2.26. The molecule has 0 aliphatic carbocycles. The van der Waals surface area contributed by atoms with E-state index in [1.165, 1.54) is 14.6 Å². The van der Waals surface area contributed by atoms with Gasteiger partial charge in [-0.2, -0.15) is 5.06 Å². The van der Waals surface area contributed by atoms with E-state index in [2.05, 4.69) is 16.9 Å². The number of hydrogen-bond donors (Lipinski definition) is 1. The van der Waals surface area contributed by atoms with Gasteiger partial charge in [0.15, 0.2) is 0 Å². The third-order valence-electron chi connectivity index (χ3n) is 4.42. The first-order chi connectivity index (χ1) is 14.6. The number of ether oxygens (including phenoxy) is 1.